The van der Waals surface area contributed by atoms with E-state index in [0.29, 0.717) is 11.1 Å². The zero-order valence-corrected chi connectivity index (χ0v) is 7.97. The molecule has 0 aliphatic rings. The van der Waals surface area contributed by atoms with Gasteiger partial charge in [0.05, 0.1) is 5.56 Å². The standard InChI is InChI=1S/C10H9NO4/c1-5(12)9-11-7-4-6(10(13)14)2-3-8(7)15-9/h2-5,12H,1H3,(H,13,14). The molecule has 78 valence electrons. The molecule has 0 aliphatic heterocycles. The van der Waals surface area contributed by atoms with Crippen LogP contribution in [-0.4, -0.2) is 21.2 Å². The molecule has 1 heterocycles. The molecule has 0 aliphatic carbocycles. The van der Waals surface area contributed by atoms with Crippen LogP contribution in [0.3, 0.4) is 0 Å². The summed E-state index contributed by atoms with van der Waals surface area (Å²) in [6.07, 6.45) is -0.800. The Morgan fingerprint density at radius 3 is 2.87 bits per heavy atom. The first-order valence-electron chi connectivity index (χ1n) is 4.40. The Morgan fingerprint density at radius 1 is 1.53 bits per heavy atom. The van der Waals surface area contributed by atoms with Crippen LogP contribution in [-0.2, 0) is 0 Å². The van der Waals surface area contributed by atoms with Crippen molar-refractivity contribution in [3.63, 3.8) is 0 Å². The van der Waals surface area contributed by atoms with Gasteiger partial charge in [-0.05, 0) is 25.1 Å². The molecule has 2 aromatic rings. The third-order valence-corrected chi connectivity index (χ3v) is 2.01. The second-order valence-corrected chi connectivity index (χ2v) is 3.22. The topological polar surface area (TPSA) is 83.6 Å². The monoisotopic (exact) mass is 207 g/mol. The molecule has 0 spiro atoms. The number of benzene rings is 1. The maximum absolute atomic E-state index is 10.7. The first-order chi connectivity index (χ1) is 7.08. The van der Waals surface area contributed by atoms with E-state index in [1.54, 1.807) is 0 Å². The summed E-state index contributed by atoms with van der Waals surface area (Å²) >= 11 is 0. The van der Waals surface area contributed by atoms with Gasteiger partial charge in [0.15, 0.2) is 5.58 Å². The summed E-state index contributed by atoms with van der Waals surface area (Å²) in [4.78, 5) is 14.7. The van der Waals surface area contributed by atoms with Crippen molar-refractivity contribution in [2.45, 2.75) is 13.0 Å². The normalized spacial score (nSPS) is 12.9. The number of fused-ring (bicyclic) bond motifs is 1. The molecule has 0 fully saturated rings. The van der Waals surface area contributed by atoms with Crippen molar-refractivity contribution in [1.82, 2.24) is 4.98 Å². The van der Waals surface area contributed by atoms with Crippen LogP contribution in [0.4, 0.5) is 0 Å². The van der Waals surface area contributed by atoms with Crippen LogP contribution in [0.15, 0.2) is 22.6 Å². The van der Waals surface area contributed by atoms with E-state index in [-0.39, 0.29) is 11.5 Å². The van der Waals surface area contributed by atoms with E-state index in [0.717, 1.165) is 0 Å². The van der Waals surface area contributed by atoms with Gasteiger partial charge in [-0.25, -0.2) is 9.78 Å². The van der Waals surface area contributed by atoms with Crippen LogP contribution < -0.4 is 0 Å². The highest BCUT2D eigenvalue weighted by Crippen LogP contribution is 2.20. The molecular formula is C10H9NO4. The fourth-order valence-corrected chi connectivity index (χ4v) is 1.26. The van der Waals surface area contributed by atoms with Gasteiger partial charge in [-0.15, -0.1) is 0 Å². The predicted molar refractivity (Wildman–Crippen MR) is 51.6 cm³/mol. The van der Waals surface area contributed by atoms with Gasteiger partial charge in [0, 0.05) is 0 Å². The highest BCUT2D eigenvalue weighted by Gasteiger charge is 2.12. The minimum atomic E-state index is -1.02. The van der Waals surface area contributed by atoms with E-state index >= 15 is 0 Å². The Bertz CT molecular complexity index is 515. The fraction of sp³-hybridized carbons (Fsp3) is 0.200. The second-order valence-electron chi connectivity index (χ2n) is 3.22. The Balaban J connectivity index is 2.57. The maximum atomic E-state index is 10.7. The molecule has 1 aromatic carbocycles. The lowest BCUT2D eigenvalue weighted by atomic mass is 10.2. The number of aromatic nitrogens is 1. The molecule has 1 unspecified atom stereocenters. The molecule has 0 radical (unpaired) electrons. The lowest BCUT2D eigenvalue weighted by Gasteiger charge is -1.93. The van der Waals surface area contributed by atoms with Crippen LogP contribution in [0.1, 0.15) is 29.3 Å². The highest BCUT2D eigenvalue weighted by molar-refractivity contribution is 5.91. The molecule has 15 heavy (non-hydrogen) atoms. The predicted octanol–water partition coefficient (Wildman–Crippen LogP) is 1.58. The number of carboxylic acids is 1. The number of carbonyl (C=O) groups is 1. The molecule has 1 aromatic heterocycles. The van der Waals surface area contributed by atoms with Crippen molar-refractivity contribution in [2.24, 2.45) is 0 Å². The first kappa shape index (κ1) is 9.67. The molecule has 5 nitrogen and oxygen atoms in total. The lowest BCUT2D eigenvalue weighted by molar-refractivity contribution is 0.0697. The third kappa shape index (κ3) is 1.69. The van der Waals surface area contributed by atoms with Gasteiger partial charge in [-0.1, -0.05) is 0 Å². The molecular weight excluding hydrogens is 198 g/mol. The van der Waals surface area contributed by atoms with Crippen molar-refractivity contribution in [3.8, 4) is 0 Å². The summed E-state index contributed by atoms with van der Waals surface area (Å²) in [7, 11) is 0. The van der Waals surface area contributed by atoms with Crippen LogP contribution in [0.5, 0.6) is 0 Å². The van der Waals surface area contributed by atoms with E-state index < -0.39 is 12.1 Å². The quantitative estimate of drug-likeness (QED) is 0.781. The van der Waals surface area contributed by atoms with Gasteiger partial charge in [0.25, 0.3) is 0 Å². The number of rotatable bonds is 2. The minimum Gasteiger partial charge on any atom is -0.478 e. The zero-order valence-electron chi connectivity index (χ0n) is 7.97. The largest absolute Gasteiger partial charge is 0.478 e. The lowest BCUT2D eigenvalue weighted by Crippen LogP contribution is -1.94. The van der Waals surface area contributed by atoms with Gasteiger partial charge in [0.2, 0.25) is 5.89 Å². The average Bonchev–Trinajstić information content (AvgIpc) is 2.59. The number of carboxylic acid groups (broad SMARTS) is 1. The molecule has 2 rings (SSSR count). The van der Waals surface area contributed by atoms with Crippen LogP contribution >= 0.6 is 0 Å². The first-order valence-corrected chi connectivity index (χ1v) is 4.40. The minimum absolute atomic E-state index is 0.146. The molecule has 0 saturated heterocycles. The van der Waals surface area contributed by atoms with Gasteiger partial charge in [-0.3, -0.25) is 0 Å². The Kier molecular flexibility index (Phi) is 2.17. The Labute approximate surface area is 85.0 Å². The Hall–Kier alpha value is -1.88. The van der Waals surface area contributed by atoms with Crippen LogP contribution in [0.2, 0.25) is 0 Å². The number of aliphatic hydroxyl groups is 1. The molecule has 2 N–H and O–H groups in total. The second kappa shape index (κ2) is 3.36. The number of nitrogens with zero attached hydrogens (tertiary/aromatic N) is 1. The molecule has 5 heteroatoms. The maximum Gasteiger partial charge on any atom is 0.335 e. The summed E-state index contributed by atoms with van der Waals surface area (Å²) in [5.41, 5.74) is 1.05. The van der Waals surface area contributed by atoms with Gasteiger partial charge < -0.3 is 14.6 Å². The molecule has 0 saturated carbocycles. The number of hydrogen-bond donors (Lipinski definition) is 2. The zero-order chi connectivity index (χ0) is 11.0. The van der Waals surface area contributed by atoms with Gasteiger partial charge in [-0.2, -0.15) is 0 Å². The van der Waals surface area contributed by atoms with E-state index in [1.807, 2.05) is 0 Å². The number of aromatic carboxylic acids is 1. The summed E-state index contributed by atoms with van der Waals surface area (Å²) < 4.78 is 5.21. The van der Waals surface area contributed by atoms with Crippen molar-refractivity contribution in [1.29, 1.82) is 0 Å². The van der Waals surface area contributed by atoms with E-state index in [2.05, 4.69) is 4.98 Å². The highest BCUT2D eigenvalue weighted by atomic mass is 16.4. The molecule has 0 bridgehead atoms. The van der Waals surface area contributed by atoms with Crippen molar-refractivity contribution in [2.75, 3.05) is 0 Å². The van der Waals surface area contributed by atoms with E-state index in [4.69, 9.17) is 9.52 Å². The van der Waals surface area contributed by atoms with Gasteiger partial charge >= 0.3 is 5.97 Å². The number of aliphatic hydroxyl groups excluding tert-OH is 1. The van der Waals surface area contributed by atoms with Crippen molar-refractivity contribution >= 4 is 17.1 Å². The summed E-state index contributed by atoms with van der Waals surface area (Å²) in [5.74, 6) is -0.828. The fourth-order valence-electron chi connectivity index (χ4n) is 1.26. The van der Waals surface area contributed by atoms with Crippen molar-refractivity contribution in [3.05, 3.63) is 29.7 Å². The van der Waals surface area contributed by atoms with Gasteiger partial charge in [0.1, 0.15) is 11.6 Å². The van der Waals surface area contributed by atoms with E-state index in [9.17, 15) is 9.90 Å². The SMILES string of the molecule is CC(O)c1nc2cc(C(=O)O)ccc2o1. The van der Waals surface area contributed by atoms with Crippen LogP contribution in [0.25, 0.3) is 11.1 Å². The smallest absolute Gasteiger partial charge is 0.335 e. The summed E-state index contributed by atoms with van der Waals surface area (Å²) in [6, 6.07) is 4.37. The summed E-state index contributed by atoms with van der Waals surface area (Å²) in [5, 5.41) is 18.0. The molecule has 1 atom stereocenters. The average molecular weight is 207 g/mol. The third-order valence-electron chi connectivity index (χ3n) is 2.01. The van der Waals surface area contributed by atoms with Crippen LogP contribution in [0, 0.1) is 0 Å². The number of oxazole rings is 1. The Morgan fingerprint density at radius 2 is 2.27 bits per heavy atom. The van der Waals surface area contributed by atoms with E-state index in [1.165, 1.54) is 25.1 Å². The molecule has 0 amide bonds. The van der Waals surface area contributed by atoms with Crippen molar-refractivity contribution < 1.29 is 19.4 Å². The number of hydrogen-bond acceptors (Lipinski definition) is 4. The summed E-state index contributed by atoms with van der Waals surface area (Å²) in [6.45, 7) is 1.53.